The standard InChI is InChI=1S/C25H29NO7S/c1-3-31-22(28)20-17(18-5-4-14(2)33-18)12-34-21(20)26-19(27)11-32-23(29)24-7-15-6-16(8-24)10-25(30,9-15)13-24/h4-5,12,15-16,30H,3,6-11,13H2,1-2H3,(H,26,27)/t15-,16-,24?,25?/m1/s1. The van der Waals surface area contributed by atoms with Crippen LogP contribution in [0.25, 0.3) is 11.3 Å². The molecule has 6 rings (SSSR count). The molecule has 4 fully saturated rings. The molecule has 8 nitrogen and oxygen atoms in total. The van der Waals surface area contributed by atoms with E-state index in [4.69, 9.17) is 13.9 Å². The van der Waals surface area contributed by atoms with Crippen molar-refractivity contribution < 1.29 is 33.4 Å². The summed E-state index contributed by atoms with van der Waals surface area (Å²) in [4.78, 5) is 38.4. The van der Waals surface area contributed by atoms with Crippen LogP contribution in [0.2, 0.25) is 0 Å². The summed E-state index contributed by atoms with van der Waals surface area (Å²) in [5, 5.41) is 15.6. The number of carbonyl (C=O) groups is 3. The number of hydrogen-bond acceptors (Lipinski definition) is 8. The fourth-order valence-corrected chi connectivity index (χ4v) is 7.47. The average molecular weight is 488 g/mol. The predicted molar refractivity (Wildman–Crippen MR) is 124 cm³/mol. The number of rotatable bonds is 7. The van der Waals surface area contributed by atoms with E-state index in [1.54, 1.807) is 31.4 Å². The molecule has 2 aromatic heterocycles. The van der Waals surface area contributed by atoms with Crippen molar-refractivity contribution in [1.29, 1.82) is 0 Å². The number of aliphatic hydroxyl groups is 1. The number of amides is 1. The van der Waals surface area contributed by atoms with Crippen molar-refractivity contribution in [3.8, 4) is 11.3 Å². The summed E-state index contributed by atoms with van der Waals surface area (Å²) in [6, 6.07) is 3.55. The van der Waals surface area contributed by atoms with Gasteiger partial charge in [0.2, 0.25) is 0 Å². The van der Waals surface area contributed by atoms with Gasteiger partial charge in [-0.3, -0.25) is 9.59 Å². The van der Waals surface area contributed by atoms with E-state index in [1.807, 2.05) is 0 Å². The van der Waals surface area contributed by atoms with Gasteiger partial charge in [-0.25, -0.2) is 4.79 Å². The number of anilines is 1. The highest BCUT2D eigenvalue weighted by atomic mass is 32.1. The summed E-state index contributed by atoms with van der Waals surface area (Å²) in [5.41, 5.74) is -0.727. The van der Waals surface area contributed by atoms with Crippen molar-refractivity contribution >= 4 is 34.2 Å². The molecule has 0 radical (unpaired) electrons. The largest absolute Gasteiger partial charge is 0.462 e. The Bertz CT molecular complexity index is 1120. The van der Waals surface area contributed by atoms with Crippen LogP contribution < -0.4 is 5.32 Å². The van der Waals surface area contributed by atoms with Crippen LogP contribution in [0.5, 0.6) is 0 Å². The van der Waals surface area contributed by atoms with E-state index in [0.29, 0.717) is 40.3 Å². The Balaban J connectivity index is 1.27. The molecule has 182 valence electrons. The summed E-state index contributed by atoms with van der Waals surface area (Å²) >= 11 is 1.18. The maximum absolute atomic E-state index is 13.1. The molecule has 2 atom stereocenters. The normalized spacial score (nSPS) is 29.1. The van der Waals surface area contributed by atoms with Gasteiger partial charge in [-0.1, -0.05) is 0 Å². The van der Waals surface area contributed by atoms with Crippen LogP contribution in [0.3, 0.4) is 0 Å². The Labute approximate surface area is 201 Å². The Morgan fingerprint density at radius 1 is 1.18 bits per heavy atom. The lowest BCUT2D eigenvalue weighted by Crippen LogP contribution is -2.58. The van der Waals surface area contributed by atoms with E-state index in [9.17, 15) is 19.5 Å². The van der Waals surface area contributed by atoms with Gasteiger partial charge in [0.25, 0.3) is 5.91 Å². The Morgan fingerprint density at radius 3 is 2.53 bits per heavy atom. The number of ether oxygens (including phenoxy) is 2. The number of hydrogen-bond donors (Lipinski definition) is 2. The van der Waals surface area contributed by atoms with Crippen LogP contribution in [-0.4, -0.2) is 41.8 Å². The van der Waals surface area contributed by atoms with E-state index in [2.05, 4.69) is 5.32 Å². The molecule has 0 saturated heterocycles. The Hall–Kier alpha value is -2.65. The van der Waals surface area contributed by atoms with Gasteiger partial charge in [0.05, 0.1) is 17.6 Å². The second kappa shape index (κ2) is 8.53. The number of carbonyl (C=O) groups excluding carboxylic acids is 3. The molecular weight excluding hydrogens is 458 g/mol. The maximum atomic E-state index is 13.1. The van der Waals surface area contributed by atoms with Gasteiger partial charge >= 0.3 is 11.9 Å². The summed E-state index contributed by atoms with van der Waals surface area (Å²) in [7, 11) is 0. The van der Waals surface area contributed by atoms with Gasteiger partial charge in [-0.2, -0.15) is 0 Å². The van der Waals surface area contributed by atoms with Crippen molar-refractivity contribution in [3.05, 3.63) is 28.8 Å². The molecule has 9 heteroatoms. The van der Waals surface area contributed by atoms with Crippen LogP contribution in [0, 0.1) is 24.2 Å². The average Bonchev–Trinajstić information content (AvgIpc) is 3.36. The molecule has 0 unspecified atom stereocenters. The minimum Gasteiger partial charge on any atom is -0.462 e. The maximum Gasteiger partial charge on any atom is 0.341 e. The summed E-state index contributed by atoms with van der Waals surface area (Å²) < 4.78 is 16.3. The van der Waals surface area contributed by atoms with Gasteiger partial charge in [-0.05, 0) is 76.3 Å². The SMILES string of the molecule is CCOC(=O)c1c(-c2ccc(C)o2)csc1NC(=O)COC(=O)C12C[C@H]3C[C@@H](CC(O)(C3)C1)C2. The third kappa shape index (κ3) is 4.15. The van der Waals surface area contributed by atoms with Crippen LogP contribution in [0.1, 0.15) is 61.6 Å². The third-order valence-electron chi connectivity index (χ3n) is 7.33. The minimum atomic E-state index is -0.780. The topological polar surface area (TPSA) is 115 Å². The molecule has 4 bridgehead atoms. The lowest BCUT2D eigenvalue weighted by Gasteiger charge is -2.58. The molecule has 0 spiro atoms. The molecule has 4 aliphatic rings. The highest BCUT2D eigenvalue weighted by Crippen LogP contribution is 2.62. The summed E-state index contributed by atoms with van der Waals surface area (Å²) in [6.07, 6.45) is 4.42. The first kappa shape index (κ1) is 23.1. The predicted octanol–water partition coefficient (Wildman–Crippen LogP) is 4.31. The van der Waals surface area contributed by atoms with Crippen molar-refractivity contribution in [2.24, 2.45) is 17.3 Å². The molecule has 4 saturated carbocycles. The molecule has 2 aromatic rings. The molecular formula is C25H29NO7S. The monoisotopic (exact) mass is 487 g/mol. The van der Waals surface area contributed by atoms with E-state index >= 15 is 0 Å². The second-order valence-electron chi connectivity index (χ2n) is 10.1. The van der Waals surface area contributed by atoms with Crippen molar-refractivity contribution in [1.82, 2.24) is 0 Å². The first-order valence-corrected chi connectivity index (χ1v) is 12.6. The molecule has 2 N–H and O–H groups in total. The zero-order chi connectivity index (χ0) is 24.1. The van der Waals surface area contributed by atoms with E-state index < -0.39 is 35.5 Å². The zero-order valence-corrected chi connectivity index (χ0v) is 20.2. The number of thiophene rings is 1. The van der Waals surface area contributed by atoms with Crippen LogP contribution in [0.4, 0.5) is 5.00 Å². The quantitative estimate of drug-likeness (QED) is 0.559. The van der Waals surface area contributed by atoms with Gasteiger partial charge in [-0.15, -0.1) is 11.3 Å². The number of furan rings is 1. The first-order chi connectivity index (χ1) is 16.2. The molecule has 4 aliphatic carbocycles. The van der Waals surface area contributed by atoms with Gasteiger partial charge in [0, 0.05) is 10.9 Å². The highest BCUT2D eigenvalue weighted by molar-refractivity contribution is 7.15. The fourth-order valence-electron chi connectivity index (χ4n) is 6.52. The van der Waals surface area contributed by atoms with Crippen LogP contribution in [0.15, 0.2) is 21.9 Å². The fraction of sp³-hybridized carbons (Fsp3) is 0.560. The molecule has 1 amide bonds. The molecule has 0 aliphatic heterocycles. The molecule has 0 aromatic carbocycles. The van der Waals surface area contributed by atoms with Crippen LogP contribution in [-0.2, 0) is 19.1 Å². The van der Waals surface area contributed by atoms with Gasteiger partial charge in [0.1, 0.15) is 22.1 Å². The van der Waals surface area contributed by atoms with E-state index in [0.717, 1.165) is 32.1 Å². The van der Waals surface area contributed by atoms with Crippen molar-refractivity contribution in [2.45, 2.75) is 58.0 Å². The zero-order valence-electron chi connectivity index (χ0n) is 19.3. The summed E-state index contributed by atoms with van der Waals surface area (Å²) in [6.45, 7) is 3.25. The summed E-state index contributed by atoms with van der Waals surface area (Å²) in [5.74, 6) is 0.377. The van der Waals surface area contributed by atoms with Crippen molar-refractivity contribution in [3.63, 3.8) is 0 Å². The highest BCUT2D eigenvalue weighted by Gasteiger charge is 2.60. The minimum absolute atomic E-state index is 0.187. The first-order valence-electron chi connectivity index (χ1n) is 11.8. The number of aryl methyl sites for hydroxylation is 1. The second-order valence-corrected chi connectivity index (χ2v) is 11.0. The van der Waals surface area contributed by atoms with Crippen molar-refractivity contribution in [2.75, 3.05) is 18.5 Å². The van der Waals surface area contributed by atoms with E-state index in [-0.39, 0.29) is 12.2 Å². The lowest BCUT2D eigenvalue weighted by atomic mass is 9.48. The lowest BCUT2D eigenvalue weighted by molar-refractivity contribution is -0.196. The van der Waals surface area contributed by atoms with Crippen LogP contribution >= 0.6 is 11.3 Å². The number of esters is 2. The third-order valence-corrected chi connectivity index (χ3v) is 8.22. The van der Waals surface area contributed by atoms with Gasteiger partial charge in [0.15, 0.2) is 6.61 Å². The van der Waals surface area contributed by atoms with Gasteiger partial charge < -0.3 is 24.3 Å². The number of nitrogens with one attached hydrogen (secondary N) is 1. The molecule has 2 heterocycles. The Kier molecular flexibility index (Phi) is 5.80. The smallest absolute Gasteiger partial charge is 0.341 e. The Morgan fingerprint density at radius 2 is 1.91 bits per heavy atom. The van der Waals surface area contributed by atoms with E-state index in [1.165, 1.54) is 11.3 Å². The molecule has 34 heavy (non-hydrogen) atoms.